The minimum atomic E-state index is -0.422. The molecule has 0 spiro atoms. The van der Waals surface area contributed by atoms with E-state index in [1.807, 2.05) is 36.4 Å². The summed E-state index contributed by atoms with van der Waals surface area (Å²) < 4.78 is 0. The van der Waals surface area contributed by atoms with Crippen LogP contribution in [-0.4, -0.2) is 18.4 Å². The highest BCUT2D eigenvalue weighted by Gasteiger charge is 2.05. The smallest absolute Gasteiger partial charge is 0.251 e. The molecule has 2 amide bonds. The van der Waals surface area contributed by atoms with E-state index in [1.165, 1.54) is 0 Å². The highest BCUT2D eigenvalue weighted by Crippen LogP contribution is 2.07. The molecule has 25 heavy (non-hydrogen) atoms. The average molecular weight is 339 g/mol. The van der Waals surface area contributed by atoms with Crippen LogP contribution in [0.5, 0.6) is 0 Å². The third-order valence-electron chi connectivity index (χ3n) is 3.90. The maximum atomic E-state index is 12.0. The van der Waals surface area contributed by atoms with Crippen molar-refractivity contribution in [2.75, 3.05) is 6.54 Å². The molecule has 0 aliphatic carbocycles. The standard InChI is InChI=1S/C20H25N3O2/c1-2-3-11-23-20(25)17-9-7-15(8-10-17)13-22-14-16-5-4-6-18(12-16)19(21)24/h4-10,12,22H,2-3,11,13-14H2,1H3,(H2,21,24)(H,23,25). The van der Waals surface area contributed by atoms with Gasteiger partial charge in [-0.25, -0.2) is 0 Å². The average Bonchev–Trinajstić information content (AvgIpc) is 2.62. The summed E-state index contributed by atoms with van der Waals surface area (Å²) in [4.78, 5) is 23.1. The quantitative estimate of drug-likeness (QED) is 0.614. The van der Waals surface area contributed by atoms with Gasteiger partial charge in [0.15, 0.2) is 0 Å². The van der Waals surface area contributed by atoms with Gasteiger partial charge in [0, 0.05) is 30.8 Å². The molecule has 0 fully saturated rings. The Labute approximate surface area is 148 Å². The molecule has 0 heterocycles. The summed E-state index contributed by atoms with van der Waals surface area (Å²) in [7, 11) is 0. The van der Waals surface area contributed by atoms with Crippen molar-refractivity contribution in [1.82, 2.24) is 10.6 Å². The van der Waals surface area contributed by atoms with Gasteiger partial charge in [-0.1, -0.05) is 37.6 Å². The first-order valence-corrected chi connectivity index (χ1v) is 8.56. The molecule has 0 aliphatic heterocycles. The fourth-order valence-corrected chi connectivity index (χ4v) is 2.44. The molecule has 5 heteroatoms. The van der Waals surface area contributed by atoms with Gasteiger partial charge in [0.05, 0.1) is 0 Å². The lowest BCUT2D eigenvalue weighted by atomic mass is 10.1. The Kier molecular flexibility index (Phi) is 7.16. The van der Waals surface area contributed by atoms with Crippen LogP contribution in [0.2, 0.25) is 0 Å². The molecule has 0 aromatic heterocycles. The van der Waals surface area contributed by atoms with Crippen LogP contribution in [0.4, 0.5) is 0 Å². The van der Waals surface area contributed by atoms with E-state index < -0.39 is 5.91 Å². The summed E-state index contributed by atoms with van der Waals surface area (Å²) in [6, 6.07) is 14.8. The zero-order valence-electron chi connectivity index (χ0n) is 14.5. The second kappa shape index (κ2) is 9.59. The van der Waals surface area contributed by atoms with Crippen LogP contribution < -0.4 is 16.4 Å². The maximum Gasteiger partial charge on any atom is 0.251 e. The lowest BCUT2D eigenvalue weighted by Gasteiger charge is -2.08. The number of carbonyl (C=O) groups is 2. The normalized spacial score (nSPS) is 10.4. The highest BCUT2D eigenvalue weighted by molar-refractivity contribution is 5.94. The Morgan fingerprint density at radius 1 is 0.960 bits per heavy atom. The van der Waals surface area contributed by atoms with Crippen LogP contribution in [0, 0.1) is 0 Å². The van der Waals surface area contributed by atoms with E-state index in [4.69, 9.17) is 5.73 Å². The van der Waals surface area contributed by atoms with Gasteiger partial charge < -0.3 is 16.4 Å². The second-order valence-corrected chi connectivity index (χ2v) is 5.97. The van der Waals surface area contributed by atoms with Crippen molar-refractivity contribution in [3.8, 4) is 0 Å². The van der Waals surface area contributed by atoms with E-state index in [1.54, 1.807) is 12.1 Å². The Morgan fingerprint density at radius 3 is 2.36 bits per heavy atom. The maximum absolute atomic E-state index is 12.0. The van der Waals surface area contributed by atoms with Crippen LogP contribution in [0.15, 0.2) is 48.5 Å². The van der Waals surface area contributed by atoms with E-state index in [-0.39, 0.29) is 5.91 Å². The van der Waals surface area contributed by atoms with Crippen LogP contribution in [-0.2, 0) is 13.1 Å². The van der Waals surface area contributed by atoms with Gasteiger partial charge >= 0.3 is 0 Å². The molecule has 2 rings (SSSR count). The van der Waals surface area contributed by atoms with Gasteiger partial charge in [0.1, 0.15) is 0 Å². The van der Waals surface area contributed by atoms with Crippen molar-refractivity contribution in [3.05, 3.63) is 70.8 Å². The van der Waals surface area contributed by atoms with Gasteiger partial charge in [-0.3, -0.25) is 9.59 Å². The highest BCUT2D eigenvalue weighted by atomic mass is 16.2. The van der Waals surface area contributed by atoms with Crippen molar-refractivity contribution in [1.29, 1.82) is 0 Å². The lowest BCUT2D eigenvalue weighted by Crippen LogP contribution is -2.24. The largest absolute Gasteiger partial charge is 0.366 e. The number of unbranched alkanes of at least 4 members (excludes halogenated alkanes) is 1. The zero-order chi connectivity index (χ0) is 18.1. The minimum Gasteiger partial charge on any atom is -0.366 e. The predicted molar refractivity (Wildman–Crippen MR) is 99.2 cm³/mol. The van der Waals surface area contributed by atoms with E-state index in [0.717, 1.165) is 24.0 Å². The molecule has 0 saturated carbocycles. The Bertz CT molecular complexity index is 711. The molecule has 0 aliphatic rings. The number of hydrogen-bond acceptors (Lipinski definition) is 3. The summed E-state index contributed by atoms with van der Waals surface area (Å²) in [5, 5.41) is 6.23. The van der Waals surface area contributed by atoms with E-state index in [0.29, 0.717) is 30.8 Å². The third-order valence-corrected chi connectivity index (χ3v) is 3.90. The number of primary amides is 1. The molecule has 0 bridgehead atoms. The van der Waals surface area contributed by atoms with Crippen molar-refractivity contribution >= 4 is 11.8 Å². The molecule has 0 radical (unpaired) electrons. The van der Waals surface area contributed by atoms with Gasteiger partial charge in [0.25, 0.3) is 5.91 Å². The van der Waals surface area contributed by atoms with Gasteiger partial charge in [-0.05, 0) is 41.8 Å². The number of nitrogens with one attached hydrogen (secondary N) is 2. The second-order valence-electron chi connectivity index (χ2n) is 5.97. The first-order valence-electron chi connectivity index (χ1n) is 8.56. The Balaban J connectivity index is 1.82. The molecule has 5 nitrogen and oxygen atoms in total. The first kappa shape index (κ1) is 18.7. The van der Waals surface area contributed by atoms with E-state index in [2.05, 4.69) is 17.6 Å². The number of nitrogens with two attached hydrogens (primary N) is 1. The fraction of sp³-hybridized carbons (Fsp3) is 0.300. The molecule has 0 atom stereocenters. The Morgan fingerprint density at radius 2 is 1.68 bits per heavy atom. The van der Waals surface area contributed by atoms with Gasteiger partial charge in [-0.2, -0.15) is 0 Å². The molecule has 0 saturated heterocycles. The third kappa shape index (κ3) is 6.04. The first-order chi connectivity index (χ1) is 12.1. The summed E-state index contributed by atoms with van der Waals surface area (Å²) >= 11 is 0. The van der Waals surface area contributed by atoms with E-state index >= 15 is 0 Å². The summed E-state index contributed by atoms with van der Waals surface area (Å²) in [6.45, 7) is 4.13. The molecule has 4 N–H and O–H groups in total. The SMILES string of the molecule is CCCCNC(=O)c1ccc(CNCc2cccc(C(N)=O)c2)cc1. The number of hydrogen-bond donors (Lipinski definition) is 3. The molecule has 0 unspecified atom stereocenters. The van der Waals surface area contributed by atoms with Crippen LogP contribution >= 0.6 is 0 Å². The Hall–Kier alpha value is -2.66. The molecular formula is C20H25N3O2. The van der Waals surface area contributed by atoms with Crippen molar-refractivity contribution in [2.45, 2.75) is 32.9 Å². The van der Waals surface area contributed by atoms with E-state index in [9.17, 15) is 9.59 Å². The molecule has 2 aromatic carbocycles. The molecule has 132 valence electrons. The van der Waals surface area contributed by atoms with Crippen molar-refractivity contribution in [2.24, 2.45) is 5.73 Å². The zero-order valence-corrected chi connectivity index (χ0v) is 14.5. The fourth-order valence-electron chi connectivity index (χ4n) is 2.44. The van der Waals surface area contributed by atoms with Crippen LogP contribution in [0.25, 0.3) is 0 Å². The van der Waals surface area contributed by atoms with Crippen LogP contribution in [0.1, 0.15) is 51.6 Å². The topological polar surface area (TPSA) is 84.2 Å². The molecular weight excluding hydrogens is 314 g/mol. The number of benzene rings is 2. The van der Waals surface area contributed by atoms with Gasteiger partial charge in [0.2, 0.25) is 5.91 Å². The van der Waals surface area contributed by atoms with Gasteiger partial charge in [-0.15, -0.1) is 0 Å². The monoisotopic (exact) mass is 339 g/mol. The van der Waals surface area contributed by atoms with Crippen molar-refractivity contribution in [3.63, 3.8) is 0 Å². The molecule has 2 aromatic rings. The predicted octanol–water partition coefficient (Wildman–Crippen LogP) is 2.61. The van der Waals surface area contributed by atoms with Crippen molar-refractivity contribution < 1.29 is 9.59 Å². The van der Waals surface area contributed by atoms with Crippen LogP contribution in [0.3, 0.4) is 0 Å². The number of amides is 2. The number of rotatable bonds is 9. The summed E-state index contributed by atoms with van der Waals surface area (Å²) in [5.74, 6) is -0.453. The number of carbonyl (C=O) groups excluding carboxylic acids is 2. The lowest BCUT2D eigenvalue weighted by molar-refractivity contribution is 0.0951. The summed E-state index contributed by atoms with van der Waals surface area (Å²) in [6.07, 6.45) is 2.05. The summed E-state index contributed by atoms with van der Waals surface area (Å²) in [5.41, 5.74) is 8.57. The minimum absolute atomic E-state index is 0.0313.